The van der Waals surface area contributed by atoms with Gasteiger partial charge in [-0.05, 0) is 95.7 Å². The molecular weight excluding hydrogens is 593 g/mol. The highest BCUT2D eigenvalue weighted by atomic mass is 16.3. The molecule has 0 N–H and O–H groups in total. The Hall–Kier alpha value is -6.44. The quantitative estimate of drug-likeness (QED) is 0.176. The van der Waals surface area contributed by atoms with Crippen LogP contribution in [0.25, 0.3) is 98.8 Å². The van der Waals surface area contributed by atoms with Gasteiger partial charge in [0.15, 0.2) is 0 Å². The fourth-order valence-corrected chi connectivity index (χ4v) is 7.28. The highest BCUT2D eigenvalue weighted by Gasteiger charge is 2.19. The zero-order valence-electron chi connectivity index (χ0n) is 34.1. The molecule has 0 spiro atoms. The molecule has 1 nitrogen and oxygen atoms in total. The molecule has 10 rings (SSSR count). The van der Waals surface area contributed by atoms with E-state index in [9.17, 15) is 4.11 Å². The lowest BCUT2D eigenvalue weighted by molar-refractivity contribution is 0.672. The van der Waals surface area contributed by atoms with Crippen molar-refractivity contribution in [1.82, 2.24) is 0 Å². The number of hydrogen-bond acceptors (Lipinski definition) is 1. The Kier molecular flexibility index (Phi) is 4.69. The zero-order valence-corrected chi connectivity index (χ0v) is 26.1. The Balaban J connectivity index is 1.32. The minimum Gasteiger partial charge on any atom is -0.455 e. The molecule has 0 bridgehead atoms. The van der Waals surface area contributed by atoms with Crippen molar-refractivity contribution in [3.8, 4) is 44.5 Å². The molecule has 0 atom stereocenters. The fraction of sp³-hybridized carbons (Fsp3) is 0. The van der Waals surface area contributed by atoms with E-state index >= 15 is 0 Å². The Morgan fingerprint density at radius 2 is 1.02 bits per heavy atom. The molecule has 0 amide bonds. The van der Waals surface area contributed by atoms with Crippen molar-refractivity contribution < 1.29 is 15.4 Å². The minimum atomic E-state index is -0.549. The van der Waals surface area contributed by atoms with Crippen LogP contribution in [0, 0.1) is 0 Å². The van der Waals surface area contributed by atoms with Gasteiger partial charge in [-0.25, -0.2) is 0 Å². The summed E-state index contributed by atoms with van der Waals surface area (Å²) in [6.45, 7) is 0. The number of rotatable bonds is 4. The van der Waals surface area contributed by atoms with Gasteiger partial charge in [0.05, 0.1) is 11.0 Å². The fourth-order valence-electron chi connectivity index (χ4n) is 7.28. The number of furan rings is 1. The number of hydrogen-bond donors (Lipinski definition) is 0. The molecule has 1 heteroatoms. The summed E-state index contributed by atoms with van der Waals surface area (Å²) in [4.78, 5) is 0. The molecular formula is C48H30O. The molecule has 228 valence electrons. The van der Waals surface area contributed by atoms with Crippen molar-refractivity contribution >= 4 is 54.3 Å². The van der Waals surface area contributed by atoms with Gasteiger partial charge in [0.25, 0.3) is 0 Å². The Morgan fingerprint density at radius 1 is 0.388 bits per heavy atom. The van der Waals surface area contributed by atoms with Crippen LogP contribution in [-0.2, 0) is 0 Å². The van der Waals surface area contributed by atoms with Crippen LogP contribution in [0.1, 0.15) is 11.0 Å². The third-order valence-corrected chi connectivity index (χ3v) is 9.46. The maximum Gasteiger partial charge on any atom is 0.143 e. The van der Waals surface area contributed by atoms with Gasteiger partial charge in [-0.2, -0.15) is 0 Å². The molecule has 0 saturated heterocycles. The summed E-state index contributed by atoms with van der Waals surface area (Å²) in [5.41, 5.74) is 4.70. The second-order valence-electron chi connectivity index (χ2n) is 12.2. The molecule has 0 radical (unpaired) electrons. The summed E-state index contributed by atoms with van der Waals surface area (Å²) in [6.07, 6.45) is 0. The average Bonchev–Trinajstić information content (AvgIpc) is 3.62. The molecule has 1 aromatic heterocycles. The maximum atomic E-state index is 9.96. The predicted octanol–water partition coefficient (Wildman–Crippen LogP) is 13.7. The van der Waals surface area contributed by atoms with Gasteiger partial charge in [-0.1, -0.05) is 158 Å². The van der Waals surface area contributed by atoms with Gasteiger partial charge in [0, 0.05) is 16.2 Å². The molecule has 10 aromatic rings. The summed E-state index contributed by atoms with van der Waals surface area (Å²) in [5.74, 6) is 0. The van der Waals surface area contributed by atoms with Crippen LogP contribution in [0.3, 0.4) is 0 Å². The van der Waals surface area contributed by atoms with Crippen LogP contribution in [0.5, 0.6) is 0 Å². The molecule has 49 heavy (non-hydrogen) atoms. The molecule has 0 saturated carbocycles. The molecule has 1 heterocycles. The van der Waals surface area contributed by atoms with E-state index in [-0.39, 0.29) is 40.4 Å². The highest BCUT2D eigenvalue weighted by molar-refractivity contribution is 6.23. The first-order valence-electron chi connectivity index (χ1n) is 20.2. The van der Waals surface area contributed by atoms with Crippen LogP contribution in [-0.4, -0.2) is 0 Å². The first kappa shape index (κ1) is 20.7. The van der Waals surface area contributed by atoms with E-state index in [1.807, 2.05) is 72.8 Å². The summed E-state index contributed by atoms with van der Waals surface area (Å²) >= 11 is 0. The standard InChI is InChI=1S/C48H30O/c1-3-13-31(14-4-1)36-26-24-34(29-43(36)32-15-5-2-6-16-32)46-38-19-9-11-21-40(38)47(41-22-12-10-20-39(41)46)35-25-28-45-44(30-35)42-27-23-33-17-7-8-18-37(33)48(42)49-45/h1-30H/i2D,5D,6D,15D,16D,24D,26D,29D. The van der Waals surface area contributed by atoms with E-state index in [1.165, 1.54) is 0 Å². The predicted molar refractivity (Wildman–Crippen MR) is 208 cm³/mol. The van der Waals surface area contributed by atoms with Crippen LogP contribution < -0.4 is 0 Å². The van der Waals surface area contributed by atoms with Gasteiger partial charge in [0.2, 0.25) is 0 Å². The monoisotopic (exact) mass is 630 g/mol. The molecule has 9 aromatic carbocycles. The van der Waals surface area contributed by atoms with Crippen molar-refractivity contribution in [3.05, 3.63) is 182 Å². The van der Waals surface area contributed by atoms with E-state index in [0.717, 1.165) is 65.4 Å². The van der Waals surface area contributed by atoms with Crippen molar-refractivity contribution in [2.75, 3.05) is 0 Å². The van der Waals surface area contributed by atoms with Crippen molar-refractivity contribution in [3.63, 3.8) is 0 Å². The van der Waals surface area contributed by atoms with Gasteiger partial charge >= 0.3 is 0 Å². The van der Waals surface area contributed by atoms with Crippen LogP contribution in [0.2, 0.25) is 0 Å². The van der Waals surface area contributed by atoms with E-state index in [1.54, 1.807) is 24.3 Å². The van der Waals surface area contributed by atoms with E-state index in [4.69, 9.17) is 11.3 Å². The van der Waals surface area contributed by atoms with E-state index < -0.39 is 30.2 Å². The first-order chi connectivity index (χ1) is 27.7. The van der Waals surface area contributed by atoms with Crippen molar-refractivity contribution in [2.45, 2.75) is 0 Å². The summed E-state index contributed by atoms with van der Waals surface area (Å²) in [7, 11) is 0. The normalized spacial score (nSPS) is 14.0. The highest BCUT2D eigenvalue weighted by Crippen LogP contribution is 2.46. The van der Waals surface area contributed by atoms with Gasteiger partial charge in [-0.3, -0.25) is 0 Å². The van der Waals surface area contributed by atoms with Crippen molar-refractivity contribution in [1.29, 1.82) is 0 Å². The lowest BCUT2D eigenvalue weighted by Gasteiger charge is -2.19. The van der Waals surface area contributed by atoms with Crippen LogP contribution in [0.15, 0.2) is 186 Å². The molecule has 0 aliphatic heterocycles. The Labute approximate surface area is 295 Å². The van der Waals surface area contributed by atoms with Gasteiger partial charge in [0.1, 0.15) is 11.2 Å². The third-order valence-electron chi connectivity index (χ3n) is 9.46. The second kappa shape index (κ2) is 11.1. The van der Waals surface area contributed by atoms with Crippen molar-refractivity contribution in [2.24, 2.45) is 0 Å². The Bertz CT molecular complexity index is 3250. The smallest absolute Gasteiger partial charge is 0.143 e. The van der Waals surface area contributed by atoms with E-state index in [2.05, 4.69) is 36.4 Å². The number of fused-ring (bicyclic) bond motifs is 7. The number of benzene rings is 9. The topological polar surface area (TPSA) is 13.1 Å². The van der Waals surface area contributed by atoms with E-state index in [0.29, 0.717) is 11.1 Å². The maximum absolute atomic E-state index is 9.96. The lowest BCUT2D eigenvalue weighted by atomic mass is 9.84. The zero-order chi connectivity index (χ0) is 39.3. The average molecular weight is 631 g/mol. The van der Waals surface area contributed by atoms with Gasteiger partial charge < -0.3 is 4.42 Å². The van der Waals surface area contributed by atoms with Crippen LogP contribution in [0.4, 0.5) is 0 Å². The summed E-state index contributed by atoms with van der Waals surface area (Å²) < 4.78 is 78.9. The Morgan fingerprint density at radius 3 is 1.73 bits per heavy atom. The summed E-state index contributed by atoms with van der Waals surface area (Å²) in [5, 5.41) is 7.35. The molecule has 0 aliphatic rings. The lowest BCUT2D eigenvalue weighted by Crippen LogP contribution is -1.92. The largest absolute Gasteiger partial charge is 0.455 e. The van der Waals surface area contributed by atoms with Crippen LogP contribution >= 0.6 is 0 Å². The molecule has 0 fully saturated rings. The minimum absolute atomic E-state index is 0.0104. The van der Waals surface area contributed by atoms with Gasteiger partial charge in [-0.15, -0.1) is 0 Å². The SMILES string of the molecule is [2H]c1c([2H])c([2H])c(-c2c([2H])c(-c3c4ccccc4c(-c4ccc5oc6c7ccccc7ccc6c5c4)c4ccccc34)c([2H])c([2H])c2-c2ccccc2)c([2H])c1[2H]. The molecule has 0 aliphatic carbocycles. The molecule has 0 unspecified atom stereocenters. The second-order valence-corrected chi connectivity index (χ2v) is 12.2. The first-order valence-corrected chi connectivity index (χ1v) is 16.2. The summed E-state index contributed by atoms with van der Waals surface area (Å²) in [6, 6.07) is 39.9. The third kappa shape index (κ3) is 4.40.